The largest absolute Gasteiger partial charge is 0.466 e. The summed E-state index contributed by atoms with van der Waals surface area (Å²) in [5.41, 5.74) is 1.10. The summed E-state index contributed by atoms with van der Waals surface area (Å²) in [7, 11) is -0.936. The minimum Gasteiger partial charge on any atom is -0.466 e. The Hall–Kier alpha value is -2.49. The highest BCUT2D eigenvalue weighted by Crippen LogP contribution is 2.70. The van der Waals surface area contributed by atoms with E-state index in [-0.39, 0.29) is 35.7 Å². The topological polar surface area (TPSA) is 91.4 Å². The van der Waals surface area contributed by atoms with Crippen LogP contribution < -0.4 is 4.90 Å². The van der Waals surface area contributed by atoms with Gasteiger partial charge in [-0.1, -0.05) is 67.5 Å². The number of esters is 2. The van der Waals surface area contributed by atoms with Crippen LogP contribution in [0, 0.1) is 11.3 Å². The van der Waals surface area contributed by atoms with Gasteiger partial charge >= 0.3 is 11.9 Å². The first kappa shape index (κ1) is 30.9. The zero-order chi connectivity index (χ0) is 31.2. The number of carbonyl (C=O) groups is 3. The van der Waals surface area contributed by atoms with E-state index in [1.807, 2.05) is 38.1 Å². The summed E-state index contributed by atoms with van der Waals surface area (Å²) in [6, 6.07) is 5.62. The quantitative estimate of drug-likeness (QED) is 0.196. The molecule has 1 aromatic carbocycles. The van der Waals surface area contributed by atoms with Crippen molar-refractivity contribution < 1.29 is 33.0 Å². The van der Waals surface area contributed by atoms with Crippen LogP contribution in [0.5, 0.6) is 0 Å². The molecule has 4 aliphatic rings. The van der Waals surface area contributed by atoms with E-state index in [2.05, 4.69) is 41.5 Å². The van der Waals surface area contributed by atoms with E-state index in [0.717, 1.165) is 16.8 Å². The molecule has 0 spiro atoms. The average molecular weight is 598 g/mol. The number of rotatable bonds is 9. The first-order valence-electron chi connectivity index (χ1n) is 15.5. The van der Waals surface area contributed by atoms with Crippen LogP contribution in [0.2, 0.25) is 16.6 Å². The molecule has 0 N–H and O–H groups in total. The molecule has 1 amide bonds. The Balaban J connectivity index is 1.92. The molecule has 2 bridgehead atoms. The van der Waals surface area contributed by atoms with Gasteiger partial charge in [0.2, 0.25) is 14.2 Å². The molecular formula is C33H47NO7Si. The van der Waals surface area contributed by atoms with Crippen LogP contribution in [0.15, 0.2) is 29.8 Å². The van der Waals surface area contributed by atoms with Gasteiger partial charge in [-0.25, -0.2) is 0 Å². The summed E-state index contributed by atoms with van der Waals surface area (Å²) >= 11 is 0. The van der Waals surface area contributed by atoms with Crippen LogP contribution in [-0.4, -0.2) is 58.3 Å². The predicted octanol–water partition coefficient (Wildman–Crippen LogP) is 5.99. The monoisotopic (exact) mass is 597 g/mol. The van der Waals surface area contributed by atoms with Crippen molar-refractivity contribution in [2.24, 2.45) is 11.3 Å². The van der Waals surface area contributed by atoms with Gasteiger partial charge in [0.1, 0.15) is 17.4 Å². The summed E-state index contributed by atoms with van der Waals surface area (Å²) in [6.45, 7) is 20.9. The van der Waals surface area contributed by atoms with E-state index in [1.54, 1.807) is 25.8 Å². The van der Waals surface area contributed by atoms with Gasteiger partial charge in [-0.3, -0.25) is 14.4 Å². The zero-order valence-corrected chi connectivity index (χ0v) is 28.0. The van der Waals surface area contributed by atoms with E-state index in [0.29, 0.717) is 5.56 Å². The molecule has 5 rings (SSSR count). The van der Waals surface area contributed by atoms with Crippen LogP contribution >= 0.6 is 0 Å². The summed E-state index contributed by atoms with van der Waals surface area (Å²) in [5, 5.41) is 0. The molecule has 42 heavy (non-hydrogen) atoms. The van der Waals surface area contributed by atoms with Crippen molar-refractivity contribution in [3.8, 4) is 0 Å². The number of likely N-dealkylation sites (N-methyl/N-ethyl adjacent to an activating group) is 1. The second-order valence-electron chi connectivity index (χ2n) is 13.8. The fourth-order valence-corrected chi connectivity index (χ4v) is 14.5. The molecule has 3 aliphatic heterocycles. The Morgan fingerprint density at radius 3 is 2.14 bits per heavy atom. The highest BCUT2D eigenvalue weighted by atomic mass is 28.4. The van der Waals surface area contributed by atoms with Crippen LogP contribution in [0.3, 0.4) is 0 Å². The molecular weight excluding hydrogens is 550 g/mol. The SMILES string of the molecule is CCOC(=O)[C@@H]1[C@@]2(O[Si](C(C)C)(C(C)C)C(C)C)C=C3[C@H](O2)[C@@]1(C(=O)OCC)c1cccc2c1[C@H](C(=O)N2C)C3(C)C. The third kappa shape index (κ3) is 3.62. The van der Waals surface area contributed by atoms with Crippen LogP contribution in [0.25, 0.3) is 0 Å². The smallest absolute Gasteiger partial charge is 0.320 e. The Labute approximate surface area is 251 Å². The lowest BCUT2D eigenvalue weighted by molar-refractivity contribution is -0.179. The molecule has 1 aliphatic carbocycles. The average Bonchev–Trinajstić information content (AvgIpc) is 3.51. The van der Waals surface area contributed by atoms with Gasteiger partial charge in [-0.05, 0) is 59.3 Å². The number of hydrogen-bond donors (Lipinski definition) is 0. The standard InChI is InChI=1S/C33H47NO7Si/c1-12-38-29(36)26-32(41-42(18(3)4,19(5)6)20(7)8)17-22-27(40-32)33(26,30(37)39-13-2)21-15-14-16-23-24(21)25(31(22,9)10)28(35)34(23)11/h14-20,25-27H,12-13H2,1-11H3/t25-,26-,27+,32+,33-/m1/s1. The Morgan fingerprint density at radius 1 is 1.00 bits per heavy atom. The fourth-order valence-electron chi connectivity index (χ4n) is 9.04. The second-order valence-corrected chi connectivity index (χ2v) is 19.2. The number of amides is 1. The summed E-state index contributed by atoms with van der Waals surface area (Å²) < 4.78 is 26.1. The molecule has 1 aromatic rings. The molecule has 8 nitrogen and oxygen atoms in total. The van der Waals surface area contributed by atoms with Crippen LogP contribution in [0.4, 0.5) is 5.69 Å². The molecule has 1 saturated heterocycles. The summed E-state index contributed by atoms with van der Waals surface area (Å²) in [5.74, 6) is -4.46. The molecule has 0 saturated carbocycles. The van der Waals surface area contributed by atoms with E-state index in [9.17, 15) is 14.4 Å². The van der Waals surface area contributed by atoms with Gasteiger partial charge in [0.25, 0.3) is 0 Å². The zero-order valence-electron chi connectivity index (χ0n) is 27.0. The number of anilines is 1. The van der Waals surface area contributed by atoms with Gasteiger partial charge in [-0.2, -0.15) is 0 Å². The lowest BCUT2D eigenvalue weighted by atomic mass is 9.59. The van der Waals surface area contributed by atoms with Gasteiger partial charge in [0.05, 0.1) is 19.1 Å². The molecule has 9 heteroatoms. The fraction of sp³-hybridized carbons (Fsp3) is 0.667. The van der Waals surface area contributed by atoms with Crippen molar-refractivity contribution in [1.82, 2.24) is 0 Å². The Bertz CT molecular complexity index is 1330. The van der Waals surface area contributed by atoms with Crippen molar-refractivity contribution in [3.05, 3.63) is 41.0 Å². The van der Waals surface area contributed by atoms with Crippen LogP contribution in [0.1, 0.15) is 86.3 Å². The van der Waals surface area contributed by atoms with Gasteiger partial charge < -0.3 is 23.5 Å². The van der Waals surface area contributed by atoms with Crippen molar-refractivity contribution in [2.75, 3.05) is 25.2 Å². The lowest BCUT2D eigenvalue weighted by Crippen LogP contribution is -2.62. The van der Waals surface area contributed by atoms with Crippen molar-refractivity contribution >= 4 is 31.9 Å². The molecule has 3 heterocycles. The molecule has 230 valence electrons. The maximum absolute atomic E-state index is 14.6. The van der Waals surface area contributed by atoms with Crippen LogP contribution in [-0.2, 0) is 38.4 Å². The minimum absolute atomic E-state index is 0.0509. The van der Waals surface area contributed by atoms with E-state index in [1.165, 1.54) is 0 Å². The highest BCUT2D eigenvalue weighted by Gasteiger charge is 2.80. The molecule has 5 atom stereocenters. The van der Waals surface area contributed by atoms with Crippen molar-refractivity contribution in [1.29, 1.82) is 0 Å². The number of fused-ring (bicyclic) bond motifs is 2. The number of ether oxygens (including phenoxy) is 3. The van der Waals surface area contributed by atoms with Crippen molar-refractivity contribution in [3.63, 3.8) is 0 Å². The van der Waals surface area contributed by atoms with Gasteiger partial charge in [-0.15, -0.1) is 0 Å². The number of carbonyl (C=O) groups excluding carboxylic acids is 3. The predicted molar refractivity (Wildman–Crippen MR) is 163 cm³/mol. The maximum Gasteiger partial charge on any atom is 0.320 e. The maximum atomic E-state index is 14.6. The first-order chi connectivity index (χ1) is 19.6. The normalized spacial score (nSPS) is 30.6. The van der Waals surface area contributed by atoms with E-state index < -0.39 is 54.8 Å². The third-order valence-corrected chi connectivity index (χ3v) is 16.7. The van der Waals surface area contributed by atoms with E-state index in [4.69, 9.17) is 18.6 Å². The first-order valence-corrected chi connectivity index (χ1v) is 17.6. The number of benzene rings is 1. The molecule has 1 fully saturated rings. The third-order valence-electron chi connectivity index (χ3n) is 10.6. The molecule has 0 aromatic heterocycles. The molecule has 0 unspecified atom stereocenters. The Morgan fingerprint density at radius 2 is 1.60 bits per heavy atom. The second kappa shape index (κ2) is 10.0. The van der Waals surface area contributed by atoms with Crippen molar-refractivity contribution in [2.45, 2.75) is 109 Å². The highest BCUT2D eigenvalue weighted by molar-refractivity contribution is 6.77. The number of nitrogens with zero attached hydrogens (tertiary/aromatic N) is 1. The lowest BCUT2D eigenvalue weighted by Gasteiger charge is -2.49. The molecule has 0 radical (unpaired) electrons. The van der Waals surface area contributed by atoms with Gasteiger partial charge in [0, 0.05) is 18.2 Å². The summed E-state index contributed by atoms with van der Waals surface area (Å²) in [6.07, 6.45) is 1.08. The Kier molecular flexibility index (Phi) is 7.39. The van der Waals surface area contributed by atoms with E-state index >= 15 is 0 Å². The summed E-state index contributed by atoms with van der Waals surface area (Å²) in [4.78, 5) is 44.6. The number of hydrogen-bond acceptors (Lipinski definition) is 7. The minimum atomic E-state index is -2.70. The van der Waals surface area contributed by atoms with Gasteiger partial charge in [0.15, 0.2) is 5.79 Å².